The summed E-state index contributed by atoms with van der Waals surface area (Å²) in [6.07, 6.45) is 3.53. The maximum absolute atomic E-state index is 12.7. The van der Waals surface area contributed by atoms with Gasteiger partial charge in [-0.3, -0.25) is 9.59 Å². The molecule has 1 aromatic carbocycles. The number of carbonyl (C=O) groups excluding carboxylic acids is 2. The van der Waals surface area contributed by atoms with E-state index in [0.29, 0.717) is 17.7 Å². The van der Waals surface area contributed by atoms with Crippen molar-refractivity contribution in [2.24, 2.45) is 5.92 Å². The molecule has 2 amide bonds. The number of nitrogens with zero attached hydrogens (tertiary/aromatic N) is 1. The van der Waals surface area contributed by atoms with E-state index in [4.69, 9.17) is 0 Å². The lowest BCUT2D eigenvalue weighted by Crippen LogP contribution is -2.52. The molecule has 27 heavy (non-hydrogen) atoms. The predicted octanol–water partition coefficient (Wildman–Crippen LogP) is 1.37. The number of hydrogen-bond acceptors (Lipinski definition) is 4. The summed E-state index contributed by atoms with van der Waals surface area (Å²) >= 11 is 0. The van der Waals surface area contributed by atoms with Crippen molar-refractivity contribution in [1.82, 2.24) is 20.6 Å². The summed E-state index contributed by atoms with van der Waals surface area (Å²) in [6, 6.07) is 6.54. The van der Waals surface area contributed by atoms with Crippen molar-refractivity contribution in [3.63, 3.8) is 0 Å². The van der Waals surface area contributed by atoms with Crippen LogP contribution >= 0.6 is 0 Å². The van der Waals surface area contributed by atoms with E-state index in [2.05, 4.69) is 20.6 Å². The summed E-state index contributed by atoms with van der Waals surface area (Å²) < 4.78 is 0. The number of hydrogen-bond donors (Lipinski definition) is 4. The van der Waals surface area contributed by atoms with Gasteiger partial charge in [0.2, 0.25) is 5.91 Å². The number of benzene rings is 1. The van der Waals surface area contributed by atoms with Gasteiger partial charge in [-0.1, -0.05) is 32.0 Å². The summed E-state index contributed by atoms with van der Waals surface area (Å²) in [7, 11) is 0. The highest BCUT2D eigenvalue weighted by Gasteiger charge is 2.28. The number of carbonyl (C=O) groups is 3. The maximum Gasteiger partial charge on any atom is 0.326 e. The molecule has 0 spiro atoms. The van der Waals surface area contributed by atoms with E-state index >= 15 is 0 Å². The average molecular weight is 372 g/mol. The van der Waals surface area contributed by atoms with Crippen molar-refractivity contribution >= 4 is 17.8 Å². The Hall–Kier alpha value is -3.16. The largest absolute Gasteiger partial charge is 0.480 e. The van der Waals surface area contributed by atoms with Crippen LogP contribution in [0, 0.1) is 5.92 Å². The quantitative estimate of drug-likeness (QED) is 0.529. The van der Waals surface area contributed by atoms with Gasteiger partial charge in [-0.2, -0.15) is 0 Å². The molecule has 4 N–H and O–H groups in total. The SMILES string of the molecule is CC(C)CC(NC(=O)C(Cc1c[nH]cn1)NC(=O)c1ccccc1)C(=O)O. The molecule has 0 aliphatic rings. The van der Waals surface area contributed by atoms with E-state index in [-0.39, 0.29) is 12.3 Å². The van der Waals surface area contributed by atoms with Gasteiger partial charge in [0, 0.05) is 18.2 Å². The zero-order chi connectivity index (χ0) is 19.8. The van der Waals surface area contributed by atoms with E-state index in [1.165, 1.54) is 6.33 Å². The lowest BCUT2D eigenvalue weighted by Gasteiger charge is -2.22. The fraction of sp³-hybridized carbons (Fsp3) is 0.368. The van der Waals surface area contributed by atoms with E-state index in [1.54, 1.807) is 36.5 Å². The molecule has 8 heteroatoms. The van der Waals surface area contributed by atoms with Gasteiger partial charge in [0.15, 0.2) is 0 Å². The fourth-order valence-corrected chi connectivity index (χ4v) is 2.62. The zero-order valence-electron chi connectivity index (χ0n) is 15.3. The van der Waals surface area contributed by atoms with Gasteiger partial charge >= 0.3 is 5.97 Å². The number of rotatable bonds is 9. The zero-order valence-corrected chi connectivity index (χ0v) is 15.3. The first-order valence-electron chi connectivity index (χ1n) is 8.73. The van der Waals surface area contributed by atoms with Crippen LogP contribution in [0.3, 0.4) is 0 Å². The van der Waals surface area contributed by atoms with Crippen LogP contribution in [0.25, 0.3) is 0 Å². The number of aromatic nitrogens is 2. The molecule has 0 radical (unpaired) electrons. The minimum absolute atomic E-state index is 0.0927. The molecule has 8 nitrogen and oxygen atoms in total. The van der Waals surface area contributed by atoms with Crippen molar-refractivity contribution in [3.8, 4) is 0 Å². The standard InChI is InChI=1S/C19H24N4O4/c1-12(2)8-16(19(26)27)23-18(25)15(9-14-10-20-11-21-14)22-17(24)13-6-4-3-5-7-13/h3-7,10-12,15-16H,8-9H2,1-2H3,(H,20,21)(H,22,24)(H,23,25)(H,26,27). The molecule has 1 aromatic heterocycles. The number of imidazole rings is 1. The molecule has 2 rings (SSSR count). The molecule has 0 fully saturated rings. The summed E-state index contributed by atoms with van der Waals surface area (Å²) in [5.74, 6) is -1.99. The van der Waals surface area contributed by atoms with Crippen LogP contribution in [0.4, 0.5) is 0 Å². The highest BCUT2D eigenvalue weighted by Crippen LogP contribution is 2.07. The normalized spacial score (nSPS) is 13.0. The third kappa shape index (κ3) is 6.25. The van der Waals surface area contributed by atoms with Gasteiger partial charge in [0.1, 0.15) is 12.1 Å². The number of H-pyrrole nitrogens is 1. The Morgan fingerprint density at radius 1 is 1.11 bits per heavy atom. The van der Waals surface area contributed by atoms with Crippen molar-refractivity contribution < 1.29 is 19.5 Å². The predicted molar refractivity (Wildman–Crippen MR) is 99.0 cm³/mol. The van der Waals surface area contributed by atoms with Crippen molar-refractivity contribution in [2.75, 3.05) is 0 Å². The molecule has 2 aromatic rings. The molecule has 0 aliphatic heterocycles. The van der Waals surface area contributed by atoms with Crippen LogP contribution in [0.2, 0.25) is 0 Å². The van der Waals surface area contributed by atoms with Gasteiger partial charge in [0.25, 0.3) is 5.91 Å². The molecule has 0 aliphatic carbocycles. The van der Waals surface area contributed by atoms with Gasteiger partial charge in [-0.25, -0.2) is 9.78 Å². The van der Waals surface area contributed by atoms with Crippen molar-refractivity contribution in [3.05, 3.63) is 54.1 Å². The van der Waals surface area contributed by atoms with Gasteiger partial charge in [-0.05, 0) is 24.5 Å². The molecule has 2 atom stereocenters. The van der Waals surface area contributed by atoms with Crippen LogP contribution in [-0.2, 0) is 16.0 Å². The summed E-state index contributed by atoms with van der Waals surface area (Å²) in [5.41, 5.74) is 0.994. The minimum Gasteiger partial charge on any atom is -0.480 e. The number of aromatic amines is 1. The van der Waals surface area contributed by atoms with Gasteiger partial charge in [0.05, 0.1) is 12.0 Å². The van der Waals surface area contributed by atoms with Crippen LogP contribution in [0.5, 0.6) is 0 Å². The number of aliphatic carboxylic acids is 1. The van der Waals surface area contributed by atoms with E-state index in [9.17, 15) is 19.5 Å². The maximum atomic E-state index is 12.7. The second-order valence-electron chi connectivity index (χ2n) is 6.69. The third-order valence-corrected chi connectivity index (χ3v) is 3.95. The molecule has 2 unspecified atom stereocenters. The Bertz CT molecular complexity index is 759. The average Bonchev–Trinajstić information content (AvgIpc) is 3.13. The first kappa shape index (κ1) is 20.2. The van der Waals surface area contributed by atoms with Crippen LogP contribution in [0.15, 0.2) is 42.9 Å². The van der Waals surface area contributed by atoms with E-state index < -0.39 is 29.9 Å². The number of nitrogens with one attached hydrogen (secondary N) is 3. The minimum atomic E-state index is -1.11. The Balaban J connectivity index is 2.14. The third-order valence-electron chi connectivity index (χ3n) is 3.95. The number of amides is 2. The molecular weight excluding hydrogens is 348 g/mol. The van der Waals surface area contributed by atoms with Gasteiger partial charge in [-0.15, -0.1) is 0 Å². The first-order chi connectivity index (χ1) is 12.9. The first-order valence-corrected chi connectivity index (χ1v) is 8.73. The number of carboxylic acid groups (broad SMARTS) is 1. The molecule has 1 heterocycles. The molecular formula is C19H24N4O4. The highest BCUT2D eigenvalue weighted by atomic mass is 16.4. The second-order valence-corrected chi connectivity index (χ2v) is 6.69. The van der Waals surface area contributed by atoms with Crippen LogP contribution in [-0.4, -0.2) is 44.9 Å². The van der Waals surface area contributed by atoms with E-state index in [1.807, 2.05) is 13.8 Å². The summed E-state index contributed by atoms with van der Waals surface area (Å²) in [4.78, 5) is 43.5. The van der Waals surface area contributed by atoms with Gasteiger partial charge < -0.3 is 20.7 Å². The summed E-state index contributed by atoms with van der Waals surface area (Å²) in [6.45, 7) is 3.75. The highest BCUT2D eigenvalue weighted by molar-refractivity contribution is 5.98. The summed E-state index contributed by atoms with van der Waals surface area (Å²) in [5, 5.41) is 14.5. The molecule has 0 saturated carbocycles. The Morgan fingerprint density at radius 3 is 2.37 bits per heavy atom. The lowest BCUT2D eigenvalue weighted by atomic mass is 10.0. The van der Waals surface area contributed by atoms with Crippen LogP contribution in [0.1, 0.15) is 36.3 Å². The Kier molecular flexibility index (Phi) is 7.10. The number of carboxylic acids is 1. The van der Waals surface area contributed by atoms with Crippen molar-refractivity contribution in [1.29, 1.82) is 0 Å². The lowest BCUT2D eigenvalue weighted by molar-refractivity contribution is -0.142. The van der Waals surface area contributed by atoms with Crippen LogP contribution < -0.4 is 10.6 Å². The monoisotopic (exact) mass is 372 g/mol. The van der Waals surface area contributed by atoms with Crippen molar-refractivity contribution in [2.45, 2.75) is 38.8 Å². The second kappa shape index (κ2) is 9.51. The topological polar surface area (TPSA) is 124 Å². The Morgan fingerprint density at radius 2 is 1.81 bits per heavy atom. The molecule has 144 valence electrons. The molecule has 0 saturated heterocycles. The smallest absolute Gasteiger partial charge is 0.326 e. The Labute approximate surface area is 157 Å². The fourth-order valence-electron chi connectivity index (χ4n) is 2.62. The van der Waals surface area contributed by atoms with E-state index in [0.717, 1.165) is 0 Å². The molecule has 0 bridgehead atoms.